The first-order valence-electron chi connectivity index (χ1n) is 10.8. The Bertz CT molecular complexity index is 1760. The van der Waals surface area contributed by atoms with E-state index < -0.39 is 0 Å². The molecule has 2 aromatic heterocycles. The number of hydrogen-bond acceptors (Lipinski definition) is 1. The number of rotatable bonds is 2. The second-order valence-electron chi connectivity index (χ2n) is 8.20. The van der Waals surface area contributed by atoms with Crippen LogP contribution in [0.25, 0.3) is 60.7 Å². The molecule has 0 aliphatic carbocycles. The van der Waals surface area contributed by atoms with Crippen LogP contribution in [0.4, 0.5) is 0 Å². The molecule has 2 heterocycles. The van der Waals surface area contributed by atoms with Crippen LogP contribution < -0.4 is 0 Å². The van der Waals surface area contributed by atoms with Crippen LogP contribution >= 0.6 is 0 Å². The molecule has 7 rings (SSSR count). The summed E-state index contributed by atoms with van der Waals surface area (Å²) in [6.45, 7) is 0. The molecule has 32 heavy (non-hydrogen) atoms. The number of nitrogens with zero attached hydrogens (tertiary/aromatic N) is 2. The van der Waals surface area contributed by atoms with E-state index in [1.807, 2.05) is 6.07 Å². The Balaban J connectivity index is 1.66. The zero-order valence-corrected chi connectivity index (χ0v) is 17.3. The number of benzene rings is 5. The van der Waals surface area contributed by atoms with Crippen molar-refractivity contribution in [3.05, 3.63) is 109 Å². The average molecular weight is 409 g/mol. The van der Waals surface area contributed by atoms with Gasteiger partial charge in [0, 0.05) is 38.4 Å². The monoisotopic (exact) mass is 409 g/mol. The van der Waals surface area contributed by atoms with Gasteiger partial charge in [-0.25, -0.2) is 4.98 Å². The summed E-state index contributed by atoms with van der Waals surface area (Å²) >= 11 is 0. The van der Waals surface area contributed by atoms with Crippen molar-refractivity contribution in [3.8, 4) is 17.1 Å². The molecule has 150 valence electrons. The zero-order valence-electron chi connectivity index (χ0n) is 17.3. The molecule has 0 spiro atoms. The lowest BCUT2D eigenvalue weighted by Gasteiger charge is -2.11. The lowest BCUT2D eigenvalue weighted by molar-refractivity contribution is 1.11. The Labute approximate surface area is 184 Å². The third-order valence-electron chi connectivity index (χ3n) is 6.30. The molecular weight excluding hydrogens is 390 g/mol. The van der Waals surface area contributed by atoms with E-state index in [0.717, 1.165) is 39.1 Å². The summed E-state index contributed by atoms with van der Waals surface area (Å²) in [7, 11) is 0. The molecule has 0 radical (unpaired) electrons. The van der Waals surface area contributed by atoms with E-state index in [-0.39, 0.29) is 0 Å². The lowest BCUT2D eigenvalue weighted by Crippen LogP contribution is -1.97. The van der Waals surface area contributed by atoms with Crippen molar-refractivity contribution in [2.24, 2.45) is 0 Å². The average Bonchev–Trinajstić information content (AvgIpc) is 3.42. The standard InChI is InChI=1S/C29H19N3/c1-3-9-19(10-4-1)29-31-26-16-15-20-17-27-24(22-13-7-8-14-25(22)30-27)18-23(20)28(26)32(29)21-11-5-2-6-12-21/h1-18,30H. The highest BCUT2D eigenvalue weighted by Gasteiger charge is 2.17. The van der Waals surface area contributed by atoms with Gasteiger partial charge in [-0.3, -0.25) is 4.57 Å². The lowest BCUT2D eigenvalue weighted by atomic mass is 10.0. The summed E-state index contributed by atoms with van der Waals surface area (Å²) in [5, 5.41) is 4.89. The third kappa shape index (κ3) is 2.45. The van der Waals surface area contributed by atoms with Crippen LogP contribution in [0.5, 0.6) is 0 Å². The summed E-state index contributed by atoms with van der Waals surface area (Å²) in [4.78, 5) is 8.67. The highest BCUT2D eigenvalue weighted by Crippen LogP contribution is 2.36. The molecule has 1 N–H and O–H groups in total. The highest BCUT2D eigenvalue weighted by atomic mass is 15.1. The highest BCUT2D eigenvalue weighted by molar-refractivity contribution is 6.16. The van der Waals surface area contributed by atoms with Gasteiger partial charge in [0.2, 0.25) is 0 Å². The molecule has 0 atom stereocenters. The van der Waals surface area contributed by atoms with Gasteiger partial charge in [-0.2, -0.15) is 0 Å². The normalized spacial score (nSPS) is 11.8. The van der Waals surface area contributed by atoms with Crippen molar-refractivity contribution < 1.29 is 0 Å². The third-order valence-corrected chi connectivity index (χ3v) is 6.30. The predicted octanol–water partition coefficient (Wildman–Crippen LogP) is 7.48. The number of imidazole rings is 1. The molecule has 0 bridgehead atoms. The fourth-order valence-electron chi connectivity index (χ4n) is 4.85. The van der Waals surface area contributed by atoms with Gasteiger partial charge in [-0.05, 0) is 41.8 Å². The van der Waals surface area contributed by atoms with Crippen molar-refractivity contribution in [1.82, 2.24) is 14.5 Å². The van der Waals surface area contributed by atoms with Gasteiger partial charge in [0.15, 0.2) is 0 Å². The Morgan fingerprint density at radius 3 is 2.19 bits per heavy atom. The first-order valence-corrected chi connectivity index (χ1v) is 10.8. The Hall–Kier alpha value is -4.37. The summed E-state index contributed by atoms with van der Waals surface area (Å²) in [6.07, 6.45) is 0. The Kier molecular flexibility index (Phi) is 3.55. The van der Waals surface area contributed by atoms with Crippen LogP contribution in [0, 0.1) is 0 Å². The zero-order chi connectivity index (χ0) is 21.1. The number of fused-ring (bicyclic) bond motifs is 6. The van der Waals surface area contributed by atoms with E-state index in [4.69, 9.17) is 4.98 Å². The molecule has 0 aliphatic heterocycles. The maximum Gasteiger partial charge on any atom is 0.145 e. The van der Waals surface area contributed by atoms with E-state index in [1.165, 1.54) is 21.5 Å². The number of nitrogens with one attached hydrogen (secondary N) is 1. The largest absolute Gasteiger partial charge is 0.354 e. The van der Waals surface area contributed by atoms with Gasteiger partial charge in [0.05, 0.1) is 11.0 Å². The smallest absolute Gasteiger partial charge is 0.145 e. The molecule has 0 unspecified atom stereocenters. The molecular formula is C29H19N3. The van der Waals surface area contributed by atoms with E-state index >= 15 is 0 Å². The van der Waals surface area contributed by atoms with Crippen molar-refractivity contribution >= 4 is 43.6 Å². The molecule has 3 heteroatoms. The van der Waals surface area contributed by atoms with E-state index in [0.29, 0.717) is 0 Å². The molecule has 0 saturated heterocycles. The SMILES string of the molecule is c1ccc(-c2nc3ccc4cc5[nH]c6ccccc6c5cc4c3n2-c2ccccc2)cc1. The Morgan fingerprint density at radius 2 is 1.34 bits per heavy atom. The van der Waals surface area contributed by atoms with E-state index in [9.17, 15) is 0 Å². The summed E-state index contributed by atoms with van der Waals surface area (Å²) < 4.78 is 2.30. The topological polar surface area (TPSA) is 33.6 Å². The number of para-hydroxylation sites is 2. The Morgan fingerprint density at radius 1 is 0.594 bits per heavy atom. The van der Waals surface area contributed by atoms with Gasteiger partial charge in [-0.1, -0.05) is 72.8 Å². The molecule has 0 amide bonds. The minimum absolute atomic E-state index is 0.957. The van der Waals surface area contributed by atoms with Crippen molar-refractivity contribution in [1.29, 1.82) is 0 Å². The van der Waals surface area contributed by atoms with Crippen LogP contribution in [-0.2, 0) is 0 Å². The minimum Gasteiger partial charge on any atom is -0.354 e. The molecule has 0 fully saturated rings. The van der Waals surface area contributed by atoms with Crippen LogP contribution in [0.3, 0.4) is 0 Å². The van der Waals surface area contributed by atoms with Crippen molar-refractivity contribution in [2.45, 2.75) is 0 Å². The van der Waals surface area contributed by atoms with Crippen molar-refractivity contribution in [2.75, 3.05) is 0 Å². The molecule has 3 nitrogen and oxygen atoms in total. The molecule has 0 aliphatic rings. The first-order chi connectivity index (χ1) is 15.9. The second-order valence-corrected chi connectivity index (χ2v) is 8.20. The maximum atomic E-state index is 5.09. The number of H-pyrrole nitrogens is 1. The fourth-order valence-corrected chi connectivity index (χ4v) is 4.85. The quantitative estimate of drug-likeness (QED) is 0.315. The molecule has 7 aromatic rings. The van der Waals surface area contributed by atoms with Crippen molar-refractivity contribution in [3.63, 3.8) is 0 Å². The van der Waals surface area contributed by atoms with Crippen LogP contribution in [0.1, 0.15) is 0 Å². The fraction of sp³-hybridized carbons (Fsp3) is 0. The minimum atomic E-state index is 0.957. The van der Waals surface area contributed by atoms with E-state index in [2.05, 4.69) is 113 Å². The van der Waals surface area contributed by atoms with Gasteiger partial charge < -0.3 is 4.98 Å². The van der Waals surface area contributed by atoms with Gasteiger partial charge in [-0.15, -0.1) is 0 Å². The predicted molar refractivity (Wildman–Crippen MR) is 133 cm³/mol. The summed E-state index contributed by atoms with van der Waals surface area (Å²) in [5.74, 6) is 0.957. The van der Waals surface area contributed by atoms with Gasteiger partial charge in [0.1, 0.15) is 5.82 Å². The molecule has 0 saturated carbocycles. The second kappa shape index (κ2) is 6.56. The van der Waals surface area contributed by atoms with Gasteiger partial charge in [0.25, 0.3) is 0 Å². The van der Waals surface area contributed by atoms with E-state index in [1.54, 1.807) is 0 Å². The van der Waals surface area contributed by atoms with Crippen LogP contribution in [0.15, 0.2) is 109 Å². The number of hydrogen-bond donors (Lipinski definition) is 1. The number of aromatic nitrogens is 3. The van der Waals surface area contributed by atoms with Gasteiger partial charge >= 0.3 is 0 Å². The molecule has 5 aromatic carbocycles. The van der Waals surface area contributed by atoms with Crippen LogP contribution in [0.2, 0.25) is 0 Å². The maximum absolute atomic E-state index is 5.09. The summed E-state index contributed by atoms with van der Waals surface area (Å²) in [6, 6.07) is 38.3. The number of aromatic amines is 1. The summed E-state index contributed by atoms with van der Waals surface area (Å²) in [5.41, 5.74) is 6.68. The van der Waals surface area contributed by atoms with Crippen LogP contribution in [-0.4, -0.2) is 14.5 Å². The first kappa shape index (κ1) is 17.3.